The van der Waals surface area contributed by atoms with Gasteiger partial charge in [-0.05, 0) is 31.2 Å². The highest BCUT2D eigenvalue weighted by atomic mass is 16.5. The highest BCUT2D eigenvalue weighted by molar-refractivity contribution is 5.91. The Bertz CT molecular complexity index is 866. The summed E-state index contributed by atoms with van der Waals surface area (Å²) >= 11 is 0. The Morgan fingerprint density at radius 1 is 1.24 bits per heavy atom. The molecule has 0 atom stereocenters. The van der Waals surface area contributed by atoms with Gasteiger partial charge in [-0.25, -0.2) is 9.78 Å². The number of nitrogens with zero attached hydrogens (tertiary/aromatic N) is 2. The first-order valence-electron chi connectivity index (χ1n) is 8.47. The number of ether oxygens (including phenoxy) is 1. The number of benzene rings is 2. The van der Waals surface area contributed by atoms with Crippen LogP contribution in [0.4, 0.5) is 10.5 Å². The number of rotatable bonds is 4. The van der Waals surface area contributed by atoms with Crippen LogP contribution in [0.3, 0.4) is 0 Å². The van der Waals surface area contributed by atoms with Crippen LogP contribution in [0.1, 0.15) is 18.7 Å². The molecule has 3 aromatic rings. The number of amides is 2. The number of aromatic nitrogens is 2. The Morgan fingerprint density at radius 3 is 2.80 bits per heavy atom. The molecule has 6 nitrogen and oxygen atoms in total. The first-order chi connectivity index (χ1) is 12.2. The Hall–Kier alpha value is -3.02. The number of nitrogens with one attached hydrogen (secondary N) is 2. The lowest BCUT2D eigenvalue weighted by molar-refractivity contribution is 0.161. The SMILES string of the molecule is CCOc1ccccc1NC(=O)N1CC(c2nc3ccccc3[nH]2)C1. The van der Waals surface area contributed by atoms with Crippen LogP contribution in [0.2, 0.25) is 0 Å². The zero-order valence-corrected chi connectivity index (χ0v) is 14.0. The van der Waals surface area contributed by atoms with Crippen LogP contribution in [0.5, 0.6) is 5.75 Å². The molecule has 0 saturated carbocycles. The van der Waals surface area contributed by atoms with Crippen molar-refractivity contribution in [2.45, 2.75) is 12.8 Å². The van der Waals surface area contributed by atoms with Crippen molar-refractivity contribution in [3.8, 4) is 5.75 Å². The largest absolute Gasteiger partial charge is 0.492 e. The summed E-state index contributed by atoms with van der Waals surface area (Å²) in [6.45, 7) is 3.79. The zero-order chi connectivity index (χ0) is 17.2. The molecule has 0 bridgehead atoms. The molecule has 1 fully saturated rings. The molecule has 1 aromatic heterocycles. The number of para-hydroxylation sites is 4. The molecule has 2 amide bonds. The number of fused-ring (bicyclic) bond motifs is 1. The lowest BCUT2D eigenvalue weighted by Gasteiger charge is -2.38. The van der Waals surface area contributed by atoms with E-state index in [4.69, 9.17) is 4.74 Å². The van der Waals surface area contributed by atoms with E-state index in [2.05, 4.69) is 15.3 Å². The molecule has 0 unspecified atom stereocenters. The van der Waals surface area contributed by atoms with E-state index >= 15 is 0 Å². The second-order valence-electron chi connectivity index (χ2n) is 6.10. The summed E-state index contributed by atoms with van der Waals surface area (Å²) in [5.41, 5.74) is 2.69. The molecule has 0 aliphatic carbocycles. The number of likely N-dealkylation sites (tertiary alicyclic amines) is 1. The number of urea groups is 1. The minimum atomic E-state index is -0.112. The van der Waals surface area contributed by atoms with E-state index in [9.17, 15) is 4.79 Å². The van der Waals surface area contributed by atoms with Gasteiger partial charge in [-0.1, -0.05) is 24.3 Å². The van der Waals surface area contributed by atoms with E-state index < -0.39 is 0 Å². The van der Waals surface area contributed by atoms with Crippen molar-refractivity contribution in [3.05, 3.63) is 54.4 Å². The number of hydrogen-bond donors (Lipinski definition) is 2. The number of carbonyl (C=O) groups excluding carboxylic acids is 1. The summed E-state index contributed by atoms with van der Waals surface area (Å²) < 4.78 is 5.55. The first-order valence-corrected chi connectivity index (χ1v) is 8.47. The van der Waals surface area contributed by atoms with Crippen LogP contribution >= 0.6 is 0 Å². The molecule has 1 aliphatic rings. The summed E-state index contributed by atoms with van der Waals surface area (Å²) in [6, 6.07) is 15.3. The minimum Gasteiger partial charge on any atom is -0.492 e. The van der Waals surface area contributed by atoms with Gasteiger partial charge in [0.25, 0.3) is 0 Å². The number of hydrogen-bond acceptors (Lipinski definition) is 3. The highest BCUT2D eigenvalue weighted by Crippen LogP contribution is 2.29. The van der Waals surface area contributed by atoms with Gasteiger partial charge < -0.3 is 19.9 Å². The molecular weight excluding hydrogens is 316 g/mol. The van der Waals surface area contributed by atoms with Gasteiger partial charge in [-0.2, -0.15) is 0 Å². The maximum atomic E-state index is 12.4. The van der Waals surface area contributed by atoms with E-state index in [0.717, 1.165) is 16.9 Å². The molecule has 0 radical (unpaired) electrons. The monoisotopic (exact) mass is 336 g/mol. The molecule has 25 heavy (non-hydrogen) atoms. The molecule has 2 heterocycles. The lowest BCUT2D eigenvalue weighted by atomic mass is 10.0. The van der Waals surface area contributed by atoms with Crippen molar-refractivity contribution in [2.24, 2.45) is 0 Å². The normalized spacial score (nSPS) is 14.4. The van der Waals surface area contributed by atoms with Crippen molar-refractivity contribution in [2.75, 3.05) is 25.0 Å². The van der Waals surface area contributed by atoms with Crippen LogP contribution in [0, 0.1) is 0 Å². The summed E-state index contributed by atoms with van der Waals surface area (Å²) in [6.07, 6.45) is 0. The van der Waals surface area contributed by atoms with E-state index in [-0.39, 0.29) is 11.9 Å². The standard InChI is InChI=1S/C19H20N4O2/c1-2-25-17-10-6-5-9-16(17)22-19(24)23-11-13(12-23)18-20-14-7-3-4-8-15(14)21-18/h3-10,13H,2,11-12H2,1H3,(H,20,21)(H,22,24). The Labute approximate surface area is 145 Å². The molecule has 1 aliphatic heterocycles. The van der Waals surface area contributed by atoms with Crippen LogP contribution in [0.15, 0.2) is 48.5 Å². The maximum absolute atomic E-state index is 12.4. The summed E-state index contributed by atoms with van der Waals surface area (Å²) in [4.78, 5) is 22.2. The summed E-state index contributed by atoms with van der Waals surface area (Å²) in [5, 5.41) is 2.93. The second-order valence-corrected chi connectivity index (χ2v) is 6.10. The Kier molecular flexibility index (Phi) is 4.01. The fraction of sp³-hybridized carbons (Fsp3) is 0.263. The molecule has 2 N–H and O–H groups in total. The average molecular weight is 336 g/mol. The van der Waals surface area contributed by atoms with Gasteiger partial charge in [0.15, 0.2) is 0 Å². The van der Waals surface area contributed by atoms with Gasteiger partial charge in [-0.3, -0.25) is 0 Å². The van der Waals surface area contributed by atoms with Gasteiger partial charge in [0.1, 0.15) is 11.6 Å². The van der Waals surface area contributed by atoms with Gasteiger partial charge >= 0.3 is 6.03 Å². The Balaban J connectivity index is 1.39. The highest BCUT2D eigenvalue weighted by Gasteiger charge is 2.34. The smallest absolute Gasteiger partial charge is 0.321 e. The van der Waals surface area contributed by atoms with Gasteiger partial charge in [0.05, 0.1) is 29.2 Å². The number of H-pyrrole nitrogens is 1. The Morgan fingerprint density at radius 2 is 2.00 bits per heavy atom. The predicted molar refractivity (Wildman–Crippen MR) is 97.0 cm³/mol. The van der Waals surface area contributed by atoms with E-state index in [1.807, 2.05) is 55.5 Å². The number of anilines is 1. The van der Waals surface area contributed by atoms with Crippen molar-refractivity contribution >= 4 is 22.8 Å². The zero-order valence-electron chi connectivity index (χ0n) is 14.0. The predicted octanol–water partition coefficient (Wildman–Crippen LogP) is 3.59. The number of imidazole rings is 1. The first kappa shape index (κ1) is 15.5. The summed E-state index contributed by atoms with van der Waals surface area (Å²) in [7, 11) is 0. The van der Waals surface area contributed by atoms with Gasteiger partial charge in [0, 0.05) is 13.1 Å². The van der Waals surface area contributed by atoms with Crippen LogP contribution in [0.25, 0.3) is 11.0 Å². The van der Waals surface area contributed by atoms with Crippen LogP contribution in [-0.4, -0.2) is 40.6 Å². The van der Waals surface area contributed by atoms with Crippen molar-refractivity contribution in [1.29, 1.82) is 0 Å². The second kappa shape index (κ2) is 6.47. The summed E-state index contributed by atoms with van der Waals surface area (Å²) in [5.74, 6) is 1.88. The van der Waals surface area contributed by atoms with E-state index in [1.165, 1.54) is 0 Å². The molecular formula is C19H20N4O2. The van der Waals surface area contributed by atoms with Crippen molar-refractivity contribution in [1.82, 2.24) is 14.9 Å². The van der Waals surface area contributed by atoms with Crippen LogP contribution < -0.4 is 10.1 Å². The maximum Gasteiger partial charge on any atom is 0.321 e. The third-order valence-corrected chi connectivity index (χ3v) is 4.39. The quantitative estimate of drug-likeness (QED) is 0.765. The lowest BCUT2D eigenvalue weighted by Crippen LogP contribution is -2.50. The molecule has 128 valence electrons. The average Bonchev–Trinajstić information content (AvgIpc) is 2.99. The third kappa shape index (κ3) is 3.03. The fourth-order valence-corrected chi connectivity index (χ4v) is 3.03. The van der Waals surface area contributed by atoms with Crippen LogP contribution in [-0.2, 0) is 0 Å². The van der Waals surface area contributed by atoms with Crippen molar-refractivity contribution < 1.29 is 9.53 Å². The topological polar surface area (TPSA) is 70.2 Å². The van der Waals surface area contributed by atoms with Crippen molar-refractivity contribution in [3.63, 3.8) is 0 Å². The number of aromatic amines is 1. The molecule has 2 aromatic carbocycles. The van der Waals surface area contributed by atoms with E-state index in [0.29, 0.717) is 31.1 Å². The van der Waals surface area contributed by atoms with E-state index in [1.54, 1.807) is 4.90 Å². The van der Waals surface area contributed by atoms with Gasteiger partial charge in [0.2, 0.25) is 0 Å². The number of carbonyl (C=O) groups is 1. The fourth-order valence-electron chi connectivity index (χ4n) is 3.03. The molecule has 0 spiro atoms. The minimum absolute atomic E-state index is 0.112. The molecule has 1 saturated heterocycles. The third-order valence-electron chi connectivity index (χ3n) is 4.39. The van der Waals surface area contributed by atoms with Gasteiger partial charge in [-0.15, -0.1) is 0 Å². The molecule has 4 rings (SSSR count). The molecule has 6 heteroatoms.